The standard InChI is InChI=1S/C30H29ClF4N8O3/c1-46-28-24(27(44)40-22-14-42(13-21(22)33)29(45)18-3-2-17(32)11-20(18)31)19(4-7-37-28)23-10-16(25-26(36)38-15-39-43(23)25)12-41-8-5-30(34,35)6-9-41/h2-4,7,10-11,15,21-22H,5-6,8-9,12-14H2,1H3,(H,40,44)(H2,36,38,39)/t21-,22+/m0/s1. The quantitative estimate of drug-likeness (QED) is 0.285. The van der Waals surface area contributed by atoms with Crippen molar-refractivity contribution in [2.24, 2.45) is 0 Å². The molecule has 46 heavy (non-hydrogen) atoms. The summed E-state index contributed by atoms with van der Waals surface area (Å²) in [7, 11) is 1.33. The number of methoxy groups -OCH3 is 1. The minimum absolute atomic E-state index is 0.00824. The number of ether oxygens (including phenoxy) is 1. The summed E-state index contributed by atoms with van der Waals surface area (Å²) < 4.78 is 63.3. The van der Waals surface area contributed by atoms with Gasteiger partial charge >= 0.3 is 0 Å². The molecule has 2 fully saturated rings. The van der Waals surface area contributed by atoms with Crippen LogP contribution in [0.4, 0.5) is 23.4 Å². The Bertz CT molecular complexity index is 1810. The molecule has 11 nitrogen and oxygen atoms in total. The van der Waals surface area contributed by atoms with Crippen molar-refractivity contribution in [3.8, 4) is 17.1 Å². The average molecular weight is 661 g/mol. The Balaban J connectivity index is 1.30. The molecule has 0 aliphatic carbocycles. The van der Waals surface area contributed by atoms with E-state index in [4.69, 9.17) is 22.1 Å². The van der Waals surface area contributed by atoms with Crippen molar-refractivity contribution < 1.29 is 31.9 Å². The van der Waals surface area contributed by atoms with Crippen LogP contribution in [0.15, 0.2) is 42.9 Å². The van der Waals surface area contributed by atoms with Crippen molar-refractivity contribution in [1.29, 1.82) is 0 Å². The first kappa shape index (κ1) is 31.5. The van der Waals surface area contributed by atoms with Gasteiger partial charge in [-0.05, 0) is 35.9 Å². The zero-order valence-electron chi connectivity index (χ0n) is 24.5. The molecule has 3 aromatic heterocycles. The summed E-state index contributed by atoms with van der Waals surface area (Å²) in [6, 6.07) is 5.52. The lowest BCUT2D eigenvalue weighted by molar-refractivity contribution is -0.0565. The molecule has 0 radical (unpaired) electrons. The molecule has 2 aliphatic rings. The van der Waals surface area contributed by atoms with Gasteiger partial charge in [0.1, 0.15) is 29.4 Å². The highest BCUT2D eigenvalue weighted by Gasteiger charge is 2.39. The smallest absolute Gasteiger partial charge is 0.257 e. The molecule has 1 aromatic carbocycles. The predicted octanol–water partition coefficient (Wildman–Crippen LogP) is 4.00. The number of nitrogens with zero attached hydrogens (tertiary/aromatic N) is 6. The molecular weight excluding hydrogens is 632 g/mol. The number of piperidine rings is 1. The summed E-state index contributed by atoms with van der Waals surface area (Å²) >= 11 is 6.04. The molecule has 4 aromatic rings. The number of anilines is 1. The van der Waals surface area contributed by atoms with Crippen LogP contribution < -0.4 is 15.8 Å². The Labute approximate surface area is 265 Å². The average Bonchev–Trinajstić information content (AvgIpc) is 3.58. The maximum absolute atomic E-state index is 15.3. The van der Waals surface area contributed by atoms with Crippen LogP contribution in [0, 0.1) is 5.82 Å². The Hall–Kier alpha value is -4.50. The van der Waals surface area contributed by atoms with Crippen LogP contribution in [0.3, 0.4) is 0 Å². The van der Waals surface area contributed by atoms with Gasteiger partial charge in [-0.1, -0.05) is 11.6 Å². The maximum Gasteiger partial charge on any atom is 0.257 e. The summed E-state index contributed by atoms with van der Waals surface area (Å²) in [4.78, 5) is 38.2. The third kappa shape index (κ3) is 6.03. The van der Waals surface area contributed by atoms with Gasteiger partial charge in [-0.25, -0.2) is 32.0 Å². The van der Waals surface area contributed by atoms with Gasteiger partial charge in [-0.3, -0.25) is 14.5 Å². The van der Waals surface area contributed by atoms with Gasteiger partial charge in [0.2, 0.25) is 5.88 Å². The molecule has 2 amide bonds. The van der Waals surface area contributed by atoms with E-state index in [1.54, 1.807) is 12.1 Å². The highest BCUT2D eigenvalue weighted by Crippen LogP contribution is 2.35. The second-order valence-electron chi connectivity index (χ2n) is 11.3. The number of hydrogen-bond donors (Lipinski definition) is 2. The number of rotatable bonds is 7. The molecule has 0 bridgehead atoms. The van der Waals surface area contributed by atoms with Crippen LogP contribution in [0.2, 0.25) is 5.02 Å². The second kappa shape index (κ2) is 12.4. The largest absolute Gasteiger partial charge is 0.480 e. The molecule has 2 saturated heterocycles. The second-order valence-corrected chi connectivity index (χ2v) is 11.7. The van der Waals surface area contributed by atoms with Crippen LogP contribution in [0.25, 0.3) is 16.8 Å². The van der Waals surface area contributed by atoms with E-state index in [9.17, 15) is 22.8 Å². The number of nitrogen functional groups attached to an aromatic ring is 1. The highest BCUT2D eigenvalue weighted by molar-refractivity contribution is 6.33. The third-order valence-corrected chi connectivity index (χ3v) is 8.58. The van der Waals surface area contributed by atoms with Crippen LogP contribution in [-0.2, 0) is 6.54 Å². The molecule has 2 atom stereocenters. The Morgan fingerprint density at radius 3 is 2.63 bits per heavy atom. The summed E-state index contributed by atoms with van der Waals surface area (Å²) in [5.74, 6) is -4.55. The number of benzene rings is 1. The van der Waals surface area contributed by atoms with Crippen LogP contribution in [0.5, 0.6) is 5.88 Å². The Kier molecular flexibility index (Phi) is 8.46. The molecule has 0 saturated carbocycles. The molecule has 5 heterocycles. The van der Waals surface area contributed by atoms with Crippen molar-refractivity contribution >= 4 is 34.7 Å². The number of carbonyl (C=O) groups is 2. The number of hydrogen-bond acceptors (Lipinski definition) is 8. The highest BCUT2D eigenvalue weighted by atomic mass is 35.5. The summed E-state index contributed by atoms with van der Waals surface area (Å²) in [5, 5.41) is 6.90. The van der Waals surface area contributed by atoms with Crippen LogP contribution in [0.1, 0.15) is 39.1 Å². The van der Waals surface area contributed by atoms with E-state index in [2.05, 4.69) is 20.4 Å². The van der Waals surface area contributed by atoms with Crippen LogP contribution >= 0.6 is 11.6 Å². The van der Waals surface area contributed by atoms with E-state index in [1.807, 2.05) is 4.90 Å². The number of likely N-dealkylation sites (tertiary alicyclic amines) is 2. The Morgan fingerprint density at radius 2 is 1.91 bits per heavy atom. The first-order valence-corrected chi connectivity index (χ1v) is 14.8. The van der Waals surface area contributed by atoms with Crippen molar-refractivity contribution in [2.75, 3.05) is 39.0 Å². The summed E-state index contributed by atoms with van der Waals surface area (Å²) in [5.41, 5.74) is 8.08. The van der Waals surface area contributed by atoms with Gasteiger partial charge in [0, 0.05) is 50.8 Å². The van der Waals surface area contributed by atoms with Gasteiger partial charge < -0.3 is 20.7 Å². The number of nitrogens with one attached hydrogen (secondary N) is 1. The number of halogens is 5. The summed E-state index contributed by atoms with van der Waals surface area (Å²) in [6.07, 6.45) is 0.533. The topological polar surface area (TPSA) is 131 Å². The van der Waals surface area contributed by atoms with E-state index in [1.165, 1.54) is 35.1 Å². The monoisotopic (exact) mass is 660 g/mol. The van der Waals surface area contributed by atoms with E-state index in [0.29, 0.717) is 22.3 Å². The molecule has 16 heteroatoms. The molecular formula is C30H29ClF4N8O3. The summed E-state index contributed by atoms with van der Waals surface area (Å²) in [6.45, 7) is 0.161. The number of aromatic nitrogens is 4. The number of pyridine rings is 1. The van der Waals surface area contributed by atoms with Crippen molar-refractivity contribution in [2.45, 2.75) is 37.5 Å². The zero-order chi connectivity index (χ0) is 32.7. The first-order valence-electron chi connectivity index (χ1n) is 14.4. The van der Waals surface area contributed by atoms with E-state index < -0.39 is 35.8 Å². The van der Waals surface area contributed by atoms with Crippen LogP contribution in [-0.4, -0.2) is 92.6 Å². The number of fused-ring (bicyclic) bond motifs is 1. The number of amides is 2. The van der Waals surface area contributed by atoms with Crippen molar-refractivity contribution in [3.63, 3.8) is 0 Å². The van der Waals surface area contributed by atoms with E-state index in [0.717, 1.165) is 12.1 Å². The first-order chi connectivity index (χ1) is 22.0. The SMILES string of the molecule is COc1nccc(-c2cc(CN3CCC(F)(F)CC3)c3c(N)ncnn23)c1C(=O)N[C@@H]1CN(C(=O)c2ccc(F)cc2Cl)C[C@@H]1F. The zero-order valence-corrected chi connectivity index (χ0v) is 25.3. The van der Waals surface area contributed by atoms with Crippen molar-refractivity contribution in [3.05, 3.63) is 70.4 Å². The lowest BCUT2D eigenvalue weighted by atomic mass is 10.0. The van der Waals surface area contributed by atoms with E-state index >= 15 is 4.39 Å². The van der Waals surface area contributed by atoms with Gasteiger partial charge in [0.05, 0.1) is 36.0 Å². The third-order valence-electron chi connectivity index (χ3n) is 8.27. The molecule has 3 N–H and O–H groups in total. The number of alkyl halides is 3. The molecule has 2 aliphatic heterocycles. The van der Waals surface area contributed by atoms with Gasteiger partial charge in [-0.2, -0.15) is 5.10 Å². The maximum atomic E-state index is 15.3. The Morgan fingerprint density at radius 1 is 1.15 bits per heavy atom. The minimum atomic E-state index is -2.71. The minimum Gasteiger partial charge on any atom is -0.480 e. The fourth-order valence-electron chi connectivity index (χ4n) is 5.91. The van der Waals surface area contributed by atoms with E-state index in [-0.39, 0.29) is 73.4 Å². The van der Waals surface area contributed by atoms with Gasteiger partial charge in [0.15, 0.2) is 5.82 Å². The molecule has 0 unspecified atom stereocenters. The lowest BCUT2D eigenvalue weighted by Crippen LogP contribution is -2.42. The molecule has 0 spiro atoms. The lowest BCUT2D eigenvalue weighted by Gasteiger charge is -2.31. The predicted molar refractivity (Wildman–Crippen MR) is 160 cm³/mol. The number of carbonyl (C=O) groups excluding carboxylic acids is 2. The fraction of sp³-hybridized carbons (Fsp3) is 0.367. The van der Waals surface area contributed by atoms with Gasteiger partial charge in [0.25, 0.3) is 17.7 Å². The molecule has 6 rings (SSSR count). The fourth-order valence-corrected chi connectivity index (χ4v) is 6.15. The molecule has 242 valence electrons. The van der Waals surface area contributed by atoms with Gasteiger partial charge in [-0.15, -0.1) is 0 Å². The number of nitrogens with two attached hydrogens (primary N) is 1. The normalized spacial score (nSPS) is 19.8. The van der Waals surface area contributed by atoms with Crippen molar-refractivity contribution in [1.82, 2.24) is 34.7 Å².